The van der Waals surface area contributed by atoms with Crippen molar-refractivity contribution in [2.75, 3.05) is 23.3 Å². The molecule has 0 unspecified atom stereocenters. The minimum atomic E-state index is -3.72. The van der Waals surface area contributed by atoms with Crippen LogP contribution in [0.3, 0.4) is 0 Å². The van der Waals surface area contributed by atoms with Crippen LogP contribution in [0.2, 0.25) is 5.02 Å². The molecule has 0 saturated carbocycles. The van der Waals surface area contributed by atoms with E-state index in [0.29, 0.717) is 5.69 Å². The largest absolute Gasteiger partial charge is 0.370 e. The van der Waals surface area contributed by atoms with Gasteiger partial charge in [-0.1, -0.05) is 23.7 Å². The maximum Gasteiger partial charge on any atom is 0.257 e. The van der Waals surface area contributed by atoms with Crippen LogP contribution in [0.1, 0.15) is 37.0 Å². The molecule has 0 spiro atoms. The molecule has 2 aromatic rings. The van der Waals surface area contributed by atoms with E-state index in [1.807, 2.05) is 24.3 Å². The van der Waals surface area contributed by atoms with Gasteiger partial charge in [-0.2, -0.15) is 0 Å². The lowest BCUT2D eigenvalue weighted by atomic mass is 10.2. The van der Waals surface area contributed by atoms with E-state index in [2.05, 4.69) is 14.9 Å². The van der Waals surface area contributed by atoms with E-state index in [9.17, 15) is 13.2 Å². The average molecular weight is 422 g/mol. The number of hydrogen-bond acceptors (Lipinski definition) is 4. The summed E-state index contributed by atoms with van der Waals surface area (Å²) in [6, 6.07) is 11.5. The molecule has 150 valence electrons. The SMILES string of the molecule is CC(C)NS(=O)(=O)c1ccc(Cl)c(C(=O)Nc2ccccc2N2CCCC2)c1. The molecule has 1 aliphatic rings. The van der Waals surface area contributed by atoms with E-state index >= 15 is 0 Å². The van der Waals surface area contributed by atoms with Crippen molar-refractivity contribution < 1.29 is 13.2 Å². The van der Waals surface area contributed by atoms with Crippen LogP contribution in [0.25, 0.3) is 0 Å². The number of nitrogens with zero attached hydrogens (tertiary/aromatic N) is 1. The molecule has 2 N–H and O–H groups in total. The zero-order chi connectivity index (χ0) is 20.3. The molecule has 3 rings (SSSR count). The molecule has 6 nitrogen and oxygen atoms in total. The van der Waals surface area contributed by atoms with Gasteiger partial charge in [0.05, 0.1) is 26.9 Å². The molecule has 8 heteroatoms. The molecule has 1 amide bonds. The van der Waals surface area contributed by atoms with Gasteiger partial charge in [-0.05, 0) is 57.0 Å². The molecule has 1 heterocycles. The second-order valence-corrected chi connectivity index (χ2v) is 9.20. The number of carbonyl (C=O) groups is 1. The number of carbonyl (C=O) groups excluding carboxylic acids is 1. The summed E-state index contributed by atoms with van der Waals surface area (Å²) < 4.78 is 27.4. The highest BCUT2D eigenvalue weighted by Crippen LogP contribution is 2.30. The van der Waals surface area contributed by atoms with Gasteiger partial charge < -0.3 is 10.2 Å². The van der Waals surface area contributed by atoms with E-state index in [-0.39, 0.29) is 21.5 Å². The summed E-state index contributed by atoms with van der Waals surface area (Å²) in [5.74, 6) is -0.446. The van der Waals surface area contributed by atoms with E-state index < -0.39 is 15.9 Å². The van der Waals surface area contributed by atoms with Crippen molar-refractivity contribution in [3.63, 3.8) is 0 Å². The van der Waals surface area contributed by atoms with Gasteiger partial charge >= 0.3 is 0 Å². The van der Waals surface area contributed by atoms with Gasteiger partial charge in [-0.25, -0.2) is 13.1 Å². The Morgan fingerprint density at radius 2 is 1.79 bits per heavy atom. The Labute approximate surface area is 170 Å². The number of nitrogens with one attached hydrogen (secondary N) is 2. The fourth-order valence-corrected chi connectivity index (χ4v) is 4.71. The summed E-state index contributed by atoms with van der Waals surface area (Å²) in [7, 11) is -3.72. The van der Waals surface area contributed by atoms with Gasteiger partial charge in [0.25, 0.3) is 5.91 Å². The number of rotatable bonds is 6. The molecular weight excluding hydrogens is 398 g/mol. The Bertz CT molecular complexity index is 970. The van der Waals surface area contributed by atoms with E-state index in [1.165, 1.54) is 18.2 Å². The van der Waals surface area contributed by atoms with Gasteiger partial charge in [0, 0.05) is 19.1 Å². The number of benzene rings is 2. The standard InChI is InChI=1S/C20H24ClN3O3S/c1-14(2)23-28(26,27)15-9-10-17(21)16(13-15)20(25)22-18-7-3-4-8-19(18)24-11-5-6-12-24/h3-4,7-10,13-14,23H,5-6,11-12H2,1-2H3,(H,22,25). The number of hydrogen-bond donors (Lipinski definition) is 2. The summed E-state index contributed by atoms with van der Waals surface area (Å²) in [6.45, 7) is 5.36. The Morgan fingerprint density at radius 3 is 2.46 bits per heavy atom. The maximum absolute atomic E-state index is 12.9. The zero-order valence-corrected chi connectivity index (χ0v) is 17.5. The summed E-state index contributed by atoms with van der Waals surface area (Å²) in [4.78, 5) is 15.1. The topological polar surface area (TPSA) is 78.5 Å². The average Bonchev–Trinajstić information content (AvgIpc) is 3.15. The van der Waals surface area contributed by atoms with Crippen LogP contribution >= 0.6 is 11.6 Å². The van der Waals surface area contributed by atoms with Gasteiger partial charge in [0.15, 0.2) is 0 Å². The first-order valence-electron chi connectivity index (χ1n) is 9.25. The summed E-state index contributed by atoms with van der Waals surface area (Å²) in [6.07, 6.45) is 2.24. The quantitative estimate of drug-likeness (QED) is 0.741. The van der Waals surface area contributed by atoms with Crippen molar-refractivity contribution in [1.29, 1.82) is 0 Å². The molecular formula is C20H24ClN3O3S. The third kappa shape index (κ3) is 4.66. The van der Waals surface area contributed by atoms with Crippen LogP contribution in [-0.2, 0) is 10.0 Å². The third-order valence-electron chi connectivity index (χ3n) is 4.48. The molecule has 1 aliphatic heterocycles. The lowest BCUT2D eigenvalue weighted by Gasteiger charge is -2.21. The predicted octanol–water partition coefficient (Wildman–Crippen LogP) is 3.88. The molecule has 0 atom stereocenters. The number of halogens is 1. The smallest absolute Gasteiger partial charge is 0.257 e. The lowest BCUT2D eigenvalue weighted by molar-refractivity contribution is 0.102. The van der Waals surface area contributed by atoms with Gasteiger partial charge in [-0.15, -0.1) is 0 Å². The number of para-hydroxylation sites is 2. The Hall–Kier alpha value is -2.09. The Morgan fingerprint density at radius 1 is 1.11 bits per heavy atom. The van der Waals surface area contributed by atoms with E-state index in [4.69, 9.17) is 11.6 Å². The van der Waals surface area contributed by atoms with Crippen molar-refractivity contribution in [2.45, 2.75) is 37.6 Å². The Kier molecular flexibility index (Phi) is 6.27. The minimum Gasteiger partial charge on any atom is -0.370 e. The number of anilines is 2. The monoisotopic (exact) mass is 421 g/mol. The highest BCUT2D eigenvalue weighted by molar-refractivity contribution is 7.89. The van der Waals surface area contributed by atoms with E-state index in [0.717, 1.165) is 31.6 Å². The first kappa shape index (κ1) is 20.6. The Balaban J connectivity index is 1.89. The first-order valence-corrected chi connectivity index (χ1v) is 11.1. The van der Waals surface area contributed by atoms with Crippen molar-refractivity contribution in [3.8, 4) is 0 Å². The lowest BCUT2D eigenvalue weighted by Crippen LogP contribution is -2.30. The van der Waals surface area contributed by atoms with Crippen LogP contribution < -0.4 is 14.9 Å². The third-order valence-corrected chi connectivity index (χ3v) is 6.47. The predicted molar refractivity (Wildman–Crippen MR) is 113 cm³/mol. The molecule has 0 bridgehead atoms. The van der Waals surface area contributed by atoms with Crippen molar-refractivity contribution >= 4 is 38.9 Å². The minimum absolute atomic E-state index is 0.00331. The van der Waals surface area contributed by atoms with Crippen molar-refractivity contribution in [2.24, 2.45) is 0 Å². The molecule has 28 heavy (non-hydrogen) atoms. The van der Waals surface area contributed by atoms with Crippen LogP contribution in [-0.4, -0.2) is 33.5 Å². The zero-order valence-electron chi connectivity index (χ0n) is 15.9. The van der Waals surface area contributed by atoms with Crippen molar-refractivity contribution in [3.05, 3.63) is 53.1 Å². The summed E-state index contributed by atoms with van der Waals surface area (Å²) in [5, 5.41) is 3.08. The summed E-state index contributed by atoms with van der Waals surface area (Å²) in [5.41, 5.74) is 1.75. The van der Waals surface area contributed by atoms with E-state index in [1.54, 1.807) is 13.8 Å². The van der Waals surface area contributed by atoms with Crippen molar-refractivity contribution in [1.82, 2.24) is 4.72 Å². The maximum atomic E-state index is 12.9. The number of sulfonamides is 1. The fourth-order valence-electron chi connectivity index (χ4n) is 3.23. The molecule has 2 aromatic carbocycles. The van der Waals surface area contributed by atoms with Gasteiger partial charge in [0.1, 0.15) is 0 Å². The number of amides is 1. The second kappa shape index (κ2) is 8.51. The normalized spacial score (nSPS) is 14.5. The van der Waals surface area contributed by atoms with Gasteiger partial charge in [-0.3, -0.25) is 4.79 Å². The first-order chi connectivity index (χ1) is 13.3. The van der Waals surface area contributed by atoms with Crippen LogP contribution in [0.5, 0.6) is 0 Å². The van der Waals surface area contributed by atoms with Gasteiger partial charge in [0.2, 0.25) is 10.0 Å². The molecule has 0 aromatic heterocycles. The highest BCUT2D eigenvalue weighted by atomic mass is 35.5. The van der Waals surface area contributed by atoms with Crippen LogP contribution in [0.4, 0.5) is 11.4 Å². The fraction of sp³-hybridized carbons (Fsp3) is 0.350. The molecule has 1 fully saturated rings. The molecule has 0 radical (unpaired) electrons. The highest BCUT2D eigenvalue weighted by Gasteiger charge is 2.21. The molecule has 1 saturated heterocycles. The van der Waals surface area contributed by atoms with Crippen LogP contribution in [0.15, 0.2) is 47.4 Å². The van der Waals surface area contributed by atoms with Crippen LogP contribution in [0, 0.1) is 0 Å². The summed E-state index contributed by atoms with van der Waals surface area (Å²) >= 11 is 6.19. The second-order valence-electron chi connectivity index (χ2n) is 7.08. The molecule has 0 aliphatic carbocycles.